The molecule has 6 heteroatoms. The molecule has 2 aromatic rings. The van der Waals surface area contributed by atoms with E-state index in [1.807, 2.05) is 0 Å². The van der Waals surface area contributed by atoms with Crippen LogP contribution in [0.2, 0.25) is 0 Å². The number of fused-ring (bicyclic) bond motifs is 1. The summed E-state index contributed by atoms with van der Waals surface area (Å²) in [5.41, 5.74) is -0.110. The predicted molar refractivity (Wildman–Crippen MR) is 58.9 cm³/mol. The number of pyridine rings is 1. The number of non-ortho nitro benzene ring substituents is 1. The normalized spacial score (nSPS) is 10.5. The summed E-state index contributed by atoms with van der Waals surface area (Å²) in [5, 5.41) is 11.0. The molecule has 1 heterocycles. The maximum Gasteiger partial charge on any atom is 0.294 e. The first-order chi connectivity index (χ1) is 7.09. The molecular weight excluding hydrogens is 264 g/mol. The topological polar surface area (TPSA) is 76.0 Å². The van der Waals surface area contributed by atoms with Crippen LogP contribution in [0.4, 0.5) is 5.69 Å². The van der Waals surface area contributed by atoms with E-state index in [1.54, 1.807) is 6.07 Å². The second kappa shape index (κ2) is 3.47. The van der Waals surface area contributed by atoms with Crippen molar-refractivity contribution in [2.75, 3.05) is 0 Å². The van der Waals surface area contributed by atoms with Crippen molar-refractivity contribution in [3.05, 3.63) is 49.2 Å². The van der Waals surface area contributed by atoms with Crippen molar-refractivity contribution in [1.82, 2.24) is 4.98 Å². The van der Waals surface area contributed by atoms with Gasteiger partial charge in [-0.15, -0.1) is 0 Å². The SMILES string of the molecule is O=c1cc[nH]c2c([N+](=O)[O-])cc(Br)cc12. The van der Waals surface area contributed by atoms with E-state index >= 15 is 0 Å². The molecule has 5 nitrogen and oxygen atoms in total. The quantitative estimate of drug-likeness (QED) is 0.636. The summed E-state index contributed by atoms with van der Waals surface area (Å²) < 4.78 is 0.512. The predicted octanol–water partition coefficient (Wildman–Crippen LogP) is 2.20. The Balaban J connectivity index is 2.99. The van der Waals surface area contributed by atoms with Gasteiger partial charge in [-0.25, -0.2) is 0 Å². The molecule has 0 radical (unpaired) electrons. The minimum atomic E-state index is -0.525. The third-order valence-electron chi connectivity index (χ3n) is 2.01. The van der Waals surface area contributed by atoms with Gasteiger partial charge in [0, 0.05) is 22.8 Å². The lowest BCUT2D eigenvalue weighted by atomic mass is 10.2. The van der Waals surface area contributed by atoms with Gasteiger partial charge in [-0.05, 0) is 6.07 Å². The first-order valence-electron chi connectivity index (χ1n) is 4.05. The lowest BCUT2D eigenvalue weighted by Crippen LogP contribution is -2.02. The van der Waals surface area contributed by atoms with Crippen LogP contribution < -0.4 is 5.43 Å². The van der Waals surface area contributed by atoms with Crippen LogP contribution in [0.1, 0.15) is 0 Å². The van der Waals surface area contributed by atoms with Gasteiger partial charge in [0.1, 0.15) is 5.52 Å². The highest BCUT2D eigenvalue weighted by atomic mass is 79.9. The molecule has 1 N–H and O–H groups in total. The zero-order valence-electron chi connectivity index (χ0n) is 7.36. The zero-order chi connectivity index (χ0) is 11.0. The molecule has 76 valence electrons. The molecule has 0 aliphatic heterocycles. The number of H-pyrrole nitrogens is 1. The summed E-state index contributed by atoms with van der Waals surface area (Å²) in [6.07, 6.45) is 1.39. The minimum Gasteiger partial charge on any atom is -0.355 e. The molecule has 0 bridgehead atoms. The number of aromatic nitrogens is 1. The number of nitrogens with zero attached hydrogens (tertiary/aromatic N) is 1. The third kappa shape index (κ3) is 1.63. The molecule has 0 spiro atoms. The number of hydrogen-bond donors (Lipinski definition) is 1. The Morgan fingerprint density at radius 3 is 2.80 bits per heavy atom. The van der Waals surface area contributed by atoms with E-state index in [1.165, 1.54) is 18.3 Å². The molecule has 2 rings (SSSR count). The van der Waals surface area contributed by atoms with Crippen LogP contribution in [-0.4, -0.2) is 9.91 Å². The molecule has 15 heavy (non-hydrogen) atoms. The van der Waals surface area contributed by atoms with Crippen LogP contribution in [0.5, 0.6) is 0 Å². The molecule has 0 saturated heterocycles. The van der Waals surface area contributed by atoms with E-state index < -0.39 is 4.92 Å². The summed E-state index contributed by atoms with van der Waals surface area (Å²) in [4.78, 5) is 24.4. The summed E-state index contributed by atoms with van der Waals surface area (Å²) in [6, 6.07) is 4.25. The fourth-order valence-corrected chi connectivity index (χ4v) is 1.82. The van der Waals surface area contributed by atoms with Gasteiger partial charge in [-0.1, -0.05) is 15.9 Å². The molecule has 1 aromatic heterocycles. The highest BCUT2D eigenvalue weighted by Gasteiger charge is 2.14. The molecular formula is C9H5BrN2O3. The monoisotopic (exact) mass is 268 g/mol. The van der Waals surface area contributed by atoms with Gasteiger partial charge < -0.3 is 4.98 Å². The van der Waals surface area contributed by atoms with Crippen molar-refractivity contribution in [2.24, 2.45) is 0 Å². The fourth-order valence-electron chi connectivity index (χ4n) is 1.37. The molecule has 0 aliphatic rings. The Bertz CT molecular complexity index is 606. The molecule has 0 unspecified atom stereocenters. The van der Waals surface area contributed by atoms with E-state index in [4.69, 9.17) is 0 Å². The fraction of sp³-hybridized carbons (Fsp3) is 0. The van der Waals surface area contributed by atoms with Gasteiger partial charge in [0.05, 0.1) is 10.3 Å². The molecule has 0 atom stereocenters. The van der Waals surface area contributed by atoms with Crippen molar-refractivity contribution in [2.45, 2.75) is 0 Å². The maximum absolute atomic E-state index is 11.4. The smallest absolute Gasteiger partial charge is 0.294 e. The summed E-state index contributed by atoms with van der Waals surface area (Å²) in [7, 11) is 0. The van der Waals surface area contributed by atoms with Gasteiger partial charge in [-0.3, -0.25) is 14.9 Å². The Morgan fingerprint density at radius 2 is 2.13 bits per heavy atom. The largest absolute Gasteiger partial charge is 0.355 e. The first-order valence-corrected chi connectivity index (χ1v) is 4.84. The van der Waals surface area contributed by atoms with Crippen LogP contribution in [0.15, 0.2) is 33.7 Å². The Hall–Kier alpha value is -1.69. The highest BCUT2D eigenvalue weighted by Crippen LogP contribution is 2.26. The van der Waals surface area contributed by atoms with Gasteiger partial charge >= 0.3 is 0 Å². The Labute approximate surface area is 92.0 Å². The number of aromatic amines is 1. The van der Waals surface area contributed by atoms with Crippen molar-refractivity contribution in [3.8, 4) is 0 Å². The lowest BCUT2D eigenvalue weighted by molar-refractivity contribution is -0.383. The maximum atomic E-state index is 11.4. The number of nitro benzene ring substituents is 1. The van der Waals surface area contributed by atoms with E-state index in [-0.39, 0.29) is 16.6 Å². The number of nitrogens with one attached hydrogen (secondary N) is 1. The van der Waals surface area contributed by atoms with Crippen LogP contribution >= 0.6 is 15.9 Å². The van der Waals surface area contributed by atoms with E-state index in [2.05, 4.69) is 20.9 Å². The number of rotatable bonds is 1. The lowest BCUT2D eigenvalue weighted by Gasteiger charge is -1.99. The average molecular weight is 269 g/mol. The van der Waals surface area contributed by atoms with Gasteiger partial charge in [0.25, 0.3) is 5.69 Å². The zero-order valence-corrected chi connectivity index (χ0v) is 8.95. The molecule has 0 amide bonds. The first kappa shape index (κ1) is 9.85. The molecule has 1 aromatic carbocycles. The second-order valence-electron chi connectivity index (χ2n) is 2.95. The average Bonchev–Trinajstić information content (AvgIpc) is 2.18. The van der Waals surface area contributed by atoms with Gasteiger partial charge in [0.15, 0.2) is 5.43 Å². The summed E-state index contributed by atoms with van der Waals surface area (Å²) in [6.45, 7) is 0. The van der Waals surface area contributed by atoms with Crippen LogP contribution in [0.25, 0.3) is 10.9 Å². The van der Waals surface area contributed by atoms with Crippen molar-refractivity contribution in [1.29, 1.82) is 0 Å². The third-order valence-corrected chi connectivity index (χ3v) is 2.46. The van der Waals surface area contributed by atoms with Crippen molar-refractivity contribution >= 4 is 32.5 Å². The number of benzene rings is 1. The molecule has 0 saturated carbocycles. The van der Waals surface area contributed by atoms with Crippen LogP contribution in [0, 0.1) is 10.1 Å². The molecule has 0 fully saturated rings. The van der Waals surface area contributed by atoms with Crippen molar-refractivity contribution < 1.29 is 4.92 Å². The molecule has 0 aliphatic carbocycles. The Kier molecular flexibility index (Phi) is 2.28. The number of nitro groups is 1. The van der Waals surface area contributed by atoms with E-state index in [0.717, 1.165) is 0 Å². The highest BCUT2D eigenvalue weighted by molar-refractivity contribution is 9.10. The van der Waals surface area contributed by atoms with Gasteiger partial charge in [-0.2, -0.15) is 0 Å². The standard InChI is InChI=1S/C9H5BrN2O3/c10-5-3-6-8(13)1-2-11-9(6)7(4-5)12(14)15/h1-4H,(H,11,13). The minimum absolute atomic E-state index is 0.114. The number of hydrogen-bond acceptors (Lipinski definition) is 3. The van der Waals surface area contributed by atoms with E-state index in [0.29, 0.717) is 9.86 Å². The van der Waals surface area contributed by atoms with E-state index in [9.17, 15) is 14.9 Å². The van der Waals surface area contributed by atoms with Crippen LogP contribution in [-0.2, 0) is 0 Å². The number of halogens is 1. The second-order valence-corrected chi connectivity index (χ2v) is 3.86. The summed E-state index contributed by atoms with van der Waals surface area (Å²) >= 11 is 3.13. The van der Waals surface area contributed by atoms with Gasteiger partial charge in [0.2, 0.25) is 0 Å². The van der Waals surface area contributed by atoms with Crippen LogP contribution in [0.3, 0.4) is 0 Å². The van der Waals surface area contributed by atoms with Crippen molar-refractivity contribution in [3.63, 3.8) is 0 Å². The Morgan fingerprint density at radius 1 is 1.40 bits per heavy atom. The summed E-state index contributed by atoms with van der Waals surface area (Å²) in [5.74, 6) is 0.